The number of carbonyl (C=O) groups excluding carboxylic acids is 1. The quantitative estimate of drug-likeness (QED) is 0.900. The molecule has 100 valence electrons. The Morgan fingerprint density at radius 2 is 2.21 bits per heavy atom. The smallest absolute Gasteiger partial charge is 0.255 e. The maximum atomic E-state index is 12.1. The highest BCUT2D eigenvalue weighted by molar-refractivity contribution is 7.07. The Hall–Kier alpha value is -1.81. The van der Waals surface area contributed by atoms with E-state index >= 15 is 0 Å². The van der Waals surface area contributed by atoms with E-state index in [1.807, 2.05) is 12.3 Å². The van der Waals surface area contributed by atoms with E-state index in [4.69, 9.17) is 0 Å². The number of thiophene rings is 1. The fourth-order valence-electron chi connectivity index (χ4n) is 1.96. The molecule has 1 aromatic heterocycles. The van der Waals surface area contributed by atoms with Crippen molar-refractivity contribution in [3.63, 3.8) is 0 Å². The summed E-state index contributed by atoms with van der Waals surface area (Å²) in [6.07, 6.45) is 0.793. The number of phenolic OH excluding ortho intramolecular Hbond substituents is 1. The lowest BCUT2D eigenvalue weighted by atomic mass is 10.1. The summed E-state index contributed by atoms with van der Waals surface area (Å²) < 4.78 is 0. The van der Waals surface area contributed by atoms with Gasteiger partial charge in [-0.2, -0.15) is 11.3 Å². The molecule has 0 aliphatic rings. The van der Waals surface area contributed by atoms with Crippen LogP contribution in [-0.4, -0.2) is 17.1 Å². The monoisotopic (exact) mass is 275 g/mol. The van der Waals surface area contributed by atoms with Crippen LogP contribution in [0.25, 0.3) is 0 Å². The molecule has 2 N–H and O–H groups in total. The minimum atomic E-state index is -0.232. The predicted octanol–water partition coefficient (Wildman–Crippen LogP) is 3.12. The van der Waals surface area contributed by atoms with Gasteiger partial charge in [0.1, 0.15) is 5.75 Å². The summed E-state index contributed by atoms with van der Waals surface area (Å²) in [7, 11) is 0. The van der Waals surface area contributed by atoms with E-state index in [0.717, 1.165) is 6.42 Å². The number of aryl methyl sites for hydroxylation is 1. The number of rotatable bonds is 4. The van der Waals surface area contributed by atoms with Gasteiger partial charge in [-0.05, 0) is 54.3 Å². The molecule has 0 aliphatic carbocycles. The number of hydrogen-bond donors (Lipinski definition) is 2. The average molecular weight is 275 g/mol. The minimum Gasteiger partial charge on any atom is -0.507 e. The number of carbonyl (C=O) groups is 1. The summed E-state index contributed by atoms with van der Waals surface area (Å²) in [6, 6.07) is 7.27. The topological polar surface area (TPSA) is 49.3 Å². The number of amides is 1. The molecule has 0 fully saturated rings. The Morgan fingerprint density at radius 1 is 1.42 bits per heavy atom. The van der Waals surface area contributed by atoms with E-state index in [0.29, 0.717) is 11.1 Å². The van der Waals surface area contributed by atoms with Crippen molar-refractivity contribution in [3.05, 3.63) is 51.7 Å². The van der Waals surface area contributed by atoms with E-state index in [9.17, 15) is 9.90 Å². The van der Waals surface area contributed by atoms with Gasteiger partial charge in [-0.25, -0.2) is 0 Å². The molecule has 2 aromatic rings. The number of hydrogen-bond acceptors (Lipinski definition) is 3. The first-order valence-electron chi connectivity index (χ1n) is 6.18. The summed E-state index contributed by atoms with van der Waals surface area (Å²) >= 11 is 1.65. The second-order valence-corrected chi connectivity index (χ2v) is 5.46. The number of para-hydroxylation sites is 1. The molecule has 0 radical (unpaired) electrons. The van der Waals surface area contributed by atoms with Crippen molar-refractivity contribution in [2.45, 2.75) is 26.3 Å². The highest BCUT2D eigenvalue weighted by Crippen LogP contribution is 2.21. The SMILES string of the molecule is Cc1cccc(C(=O)NC(C)Cc2ccsc2)c1O. The molecule has 1 amide bonds. The summed E-state index contributed by atoms with van der Waals surface area (Å²) in [5, 5.41) is 16.9. The van der Waals surface area contributed by atoms with Gasteiger partial charge in [0.15, 0.2) is 0 Å². The van der Waals surface area contributed by atoms with E-state index in [1.165, 1.54) is 5.56 Å². The third-order valence-corrected chi connectivity index (χ3v) is 3.71. The van der Waals surface area contributed by atoms with Crippen LogP contribution in [0.15, 0.2) is 35.0 Å². The van der Waals surface area contributed by atoms with Crippen LogP contribution in [0.1, 0.15) is 28.4 Å². The van der Waals surface area contributed by atoms with Gasteiger partial charge in [0, 0.05) is 6.04 Å². The lowest BCUT2D eigenvalue weighted by molar-refractivity contribution is 0.0937. The van der Waals surface area contributed by atoms with Gasteiger partial charge in [0.05, 0.1) is 5.56 Å². The summed E-state index contributed by atoms with van der Waals surface area (Å²) in [4.78, 5) is 12.1. The van der Waals surface area contributed by atoms with Gasteiger partial charge < -0.3 is 10.4 Å². The fourth-order valence-corrected chi connectivity index (χ4v) is 2.64. The highest BCUT2D eigenvalue weighted by atomic mass is 32.1. The molecular formula is C15H17NO2S. The largest absolute Gasteiger partial charge is 0.507 e. The summed E-state index contributed by atoms with van der Waals surface area (Å²) in [5.74, 6) is -0.174. The van der Waals surface area contributed by atoms with Gasteiger partial charge in [0.25, 0.3) is 5.91 Å². The Kier molecular flexibility index (Phi) is 4.22. The van der Waals surface area contributed by atoms with Crippen LogP contribution in [0, 0.1) is 6.92 Å². The van der Waals surface area contributed by atoms with Crippen molar-refractivity contribution in [2.75, 3.05) is 0 Å². The first-order chi connectivity index (χ1) is 9.08. The normalized spacial score (nSPS) is 12.1. The third kappa shape index (κ3) is 3.35. The molecule has 2 rings (SSSR count). The van der Waals surface area contributed by atoms with Crippen LogP contribution in [0.2, 0.25) is 0 Å². The molecule has 0 saturated heterocycles. The number of phenols is 1. The van der Waals surface area contributed by atoms with Gasteiger partial charge >= 0.3 is 0 Å². The molecule has 1 heterocycles. The average Bonchev–Trinajstić information content (AvgIpc) is 2.85. The maximum Gasteiger partial charge on any atom is 0.255 e. The van der Waals surface area contributed by atoms with Gasteiger partial charge in [0.2, 0.25) is 0 Å². The van der Waals surface area contributed by atoms with Crippen LogP contribution in [-0.2, 0) is 6.42 Å². The van der Waals surface area contributed by atoms with Crippen molar-refractivity contribution in [2.24, 2.45) is 0 Å². The van der Waals surface area contributed by atoms with Crippen LogP contribution in [0.3, 0.4) is 0 Å². The van der Waals surface area contributed by atoms with E-state index in [1.54, 1.807) is 36.5 Å². The summed E-state index contributed by atoms with van der Waals surface area (Å²) in [5.41, 5.74) is 2.25. The fraction of sp³-hybridized carbons (Fsp3) is 0.267. The Balaban J connectivity index is 2.02. The first kappa shape index (κ1) is 13.6. The third-order valence-electron chi connectivity index (χ3n) is 2.98. The predicted molar refractivity (Wildman–Crippen MR) is 77.8 cm³/mol. The molecule has 3 nitrogen and oxygen atoms in total. The van der Waals surface area contributed by atoms with Crippen molar-refractivity contribution >= 4 is 17.2 Å². The van der Waals surface area contributed by atoms with Gasteiger partial charge in [-0.1, -0.05) is 12.1 Å². The van der Waals surface area contributed by atoms with Crippen LogP contribution in [0.4, 0.5) is 0 Å². The van der Waals surface area contributed by atoms with Gasteiger partial charge in [-0.15, -0.1) is 0 Å². The van der Waals surface area contributed by atoms with Crippen molar-refractivity contribution < 1.29 is 9.90 Å². The van der Waals surface area contributed by atoms with Crippen LogP contribution in [0.5, 0.6) is 5.75 Å². The molecule has 4 heteroatoms. The Labute approximate surface area is 116 Å². The zero-order valence-electron chi connectivity index (χ0n) is 11.0. The first-order valence-corrected chi connectivity index (χ1v) is 7.12. The highest BCUT2D eigenvalue weighted by Gasteiger charge is 2.14. The molecule has 0 spiro atoms. The zero-order chi connectivity index (χ0) is 13.8. The van der Waals surface area contributed by atoms with Crippen molar-refractivity contribution in [3.8, 4) is 5.75 Å². The maximum absolute atomic E-state index is 12.1. The summed E-state index contributed by atoms with van der Waals surface area (Å²) in [6.45, 7) is 3.74. The number of aromatic hydroxyl groups is 1. The second kappa shape index (κ2) is 5.89. The lowest BCUT2D eigenvalue weighted by Gasteiger charge is -2.14. The Bertz CT molecular complexity index is 564. The van der Waals surface area contributed by atoms with Crippen LogP contribution < -0.4 is 5.32 Å². The minimum absolute atomic E-state index is 0.0296. The van der Waals surface area contributed by atoms with Crippen molar-refractivity contribution in [1.29, 1.82) is 0 Å². The second-order valence-electron chi connectivity index (χ2n) is 4.68. The molecular weight excluding hydrogens is 258 g/mol. The Morgan fingerprint density at radius 3 is 2.89 bits per heavy atom. The van der Waals surface area contributed by atoms with Gasteiger partial charge in [-0.3, -0.25) is 4.79 Å². The zero-order valence-corrected chi connectivity index (χ0v) is 11.8. The van der Waals surface area contributed by atoms with E-state index < -0.39 is 0 Å². The van der Waals surface area contributed by atoms with Crippen LogP contribution >= 0.6 is 11.3 Å². The number of benzene rings is 1. The van der Waals surface area contributed by atoms with E-state index in [-0.39, 0.29) is 17.7 Å². The van der Waals surface area contributed by atoms with Crippen molar-refractivity contribution in [1.82, 2.24) is 5.32 Å². The molecule has 1 atom stereocenters. The standard InChI is InChI=1S/C15H17NO2S/c1-10-4-3-5-13(14(10)17)15(18)16-11(2)8-12-6-7-19-9-12/h3-7,9,11,17H,8H2,1-2H3,(H,16,18). The molecule has 1 unspecified atom stereocenters. The lowest BCUT2D eigenvalue weighted by Crippen LogP contribution is -2.34. The molecule has 0 aliphatic heterocycles. The molecule has 0 bridgehead atoms. The molecule has 19 heavy (non-hydrogen) atoms. The number of nitrogens with one attached hydrogen (secondary N) is 1. The molecule has 0 saturated carbocycles. The molecule has 1 aromatic carbocycles. The van der Waals surface area contributed by atoms with E-state index in [2.05, 4.69) is 16.8 Å².